The van der Waals surface area contributed by atoms with Crippen LogP contribution in [0.15, 0.2) is 24.3 Å². The maximum atomic E-state index is 11.4. The monoisotopic (exact) mass is 314 g/mol. The largest absolute Gasteiger partial charge is 0.481 e. The number of ether oxygens (including phenoxy) is 1. The molecule has 3 N–H and O–H groups in total. The number of carbonyl (C=O) groups excluding carboxylic acids is 1. The van der Waals surface area contributed by atoms with Crippen LogP contribution in [0.1, 0.15) is 40.2 Å². The molecular weight excluding hydrogens is 296 g/mol. The van der Waals surface area contributed by atoms with Gasteiger partial charge in [-0.25, -0.2) is 4.98 Å². The van der Waals surface area contributed by atoms with E-state index in [-0.39, 0.29) is 13.8 Å². The zero-order valence-electron chi connectivity index (χ0n) is 11.9. The Morgan fingerprint density at radius 1 is 1.30 bits per heavy atom. The summed E-state index contributed by atoms with van der Waals surface area (Å²) in [6.45, 7) is 1.70. The second kappa shape index (κ2) is 6.08. The zero-order valence-corrected chi connectivity index (χ0v) is 11.9. The molecule has 0 saturated heterocycles. The van der Waals surface area contributed by atoms with Crippen molar-refractivity contribution < 1.29 is 19.4 Å². The predicted octanol–water partition coefficient (Wildman–Crippen LogP) is 2.45. The lowest BCUT2D eigenvalue weighted by Gasteiger charge is -2.21. The fourth-order valence-electron chi connectivity index (χ4n) is 2.55. The minimum atomic E-state index is -0.884. The highest BCUT2D eigenvalue weighted by atomic mass is 16.5. The SMILES string of the molecule is C.Cc1nc2c(cc1C(N)=O)Cc1cc(CC(=O)O)ccc1O2. The van der Waals surface area contributed by atoms with Gasteiger partial charge in [0, 0.05) is 12.0 Å². The van der Waals surface area contributed by atoms with Gasteiger partial charge in [0.2, 0.25) is 5.88 Å². The van der Waals surface area contributed by atoms with Gasteiger partial charge in [0.25, 0.3) is 5.91 Å². The molecule has 1 amide bonds. The van der Waals surface area contributed by atoms with E-state index in [9.17, 15) is 9.59 Å². The number of amides is 1. The third kappa shape index (κ3) is 3.15. The molecule has 6 nitrogen and oxygen atoms in total. The quantitative estimate of drug-likeness (QED) is 0.773. The number of benzene rings is 1. The first-order valence-corrected chi connectivity index (χ1v) is 6.76. The number of fused-ring (bicyclic) bond motifs is 2. The average Bonchev–Trinajstić information content (AvgIpc) is 2.43. The van der Waals surface area contributed by atoms with Gasteiger partial charge in [-0.2, -0.15) is 0 Å². The maximum Gasteiger partial charge on any atom is 0.307 e. The molecule has 1 aliphatic heterocycles. The molecule has 0 bridgehead atoms. The van der Waals surface area contributed by atoms with E-state index in [0.29, 0.717) is 34.9 Å². The van der Waals surface area contributed by atoms with E-state index >= 15 is 0 Å². The third-order valence-corrected chi connectivity index (χ3v) is 3.59. The third-order valence-electron chi connectivity index (χ3n) is 3.59. The summed E-state index contributed by atoms with van der Waals surface area (Å²) in [6.07, 6.45) is 0.477. The first kappa shape index (κ1) is 16.5. The fourth-order valence-corrected chi connectivity index (χ4v) is 2.55. The van der Waals surface area contributed by atoms with Crippen LogP contribution in [0.2, 0.25) is 0 Å². The van der Waals surface area contributed by atoms with Crippen LogP contribution in [-0.2, 0) is 17.6 Å². The average molecular weight is 314 g/mol. The number of pyridine rings is 1. The van der Waals surface area contributed by atoms with Crippen LogP contribution >= 0.6 is 0 Å². The number of carboxylic acids is 1. The Kier molecular flexibility index (Phi) is 4.36. The fraction of sp³-hybridized carbons (Fsp3) is 0.235. The Balaban J connectivity index is 0.00000192. The van der Waals surface area contributed by atoms with Crippen molar-refractivity contribution in [1.29, 1.82) is 0 Å². The van der Waals surface area contributed by atoms with Crippen molar-refractivity contribution >= 4 is 11.9 Å². The van der Waals surface area contributed by atoms with Gasteiger partial charge in [-0.05, 0) is 30.2 Å². The Morgan fingerprint density at radius 3 is 2.70 bits per heavy atom. The van der Waals surface area contributed by atoms with E-state index in [1.807, 2.05) is 0 Å². The molecule has 23 heavy (non-hydrogen) atoms. The van der Waals surface area contributed by atoms with E-state index in [0.717, 1.165) is 11.1 Å². The molecule has 2 heterocycles. The molecule has 3 rings (SSSR count). The lowest BCUT2D eigenvalue weighted by Crippen LogP contribution is -2.16. The number of nitrogens with zero attached hydrogens (tertiary/aromatic N) is 1. The number of carbonyl (C=O) groups is 2. The lowest BCUT2D eigenvalue weighted by atomic mass is 9.97. The number of nitrogens with two attached hydrogens (primary N) is 1. The second-order valence-electron chi connectivity index (χ2n) is 5.24. The molecule has 2 aromatic rings. The first-order chi connectivity index (χ1) is 10.4. The van der Waals surface area contributed by atoms with E-state index in [2.05, 4.69) is 4.98 Å². The number of aliphatic carboxylic acids is 1. The van der Waals surface area contributed by atoms with Crippen molar-refractivity contribution in [2.75, 3.05) is 0 Å². The predicted molar refractivity (Wildman–Crippen MR) is 84.9 cm³/mol. The minimum absolute atomic E-state index is 0. The molecule has 120 valence electrons. The number of hydrogen-bond donors (Lipinski definition) is 2. The summed E-state index contributed by atoms with van der Waals surface area (Å²) in [4.78, 5) is 26.5. The first-order valence-electron chi connectivity index (χ1n) is 6.76. The Morgan fingerprint density at radius 2 is 2.04 bits per heavy atom. The number of rotatable bonds is 3. The van der Waals surface area contributed by atoms with E-state index in [1.54, 1.807) is 31.2 Å². The van der Waals surface area contributed by atoms with Crippen molar-refractivity contribution in [3.05, 3.63) is 52.2 Å². The molecule has 1 aromatic heterocycles. The molecule has 0 radical (unpaired) electrons. The molecule has 0 spiro atoms. The maximum absolute atomic E-state index is 11.4. The van der Waals surface area contributed by atoms with Gasteiger partial charge >= 0.3 is 5.97 Å². The van der Waals surface area contributed by atoms with Gasteiger partial charge in [-0.1, -0.05) is 19.6 Å². The molecule has 0 unspecified atom stereocenters. The van der Waals surface area contributed by atoms with Gasteiger partial charge in [0.05, 0.1) is 17.7 Å². The highest BCUT2D eigenvalue weighted by molar-refractivity contribution is 5.94. The van der Waals surface area contributed by atoms with Crippen LogP contribution in [0.5, 0.6) is 11.6 Å². The highest BCUT2D eigenvalue weighted by Crippen LogP contribution is 2.36. The number of carboxylic acid groups (broad SMARTS) is 1. The summed E-state index contributed by atoms with van der Waals surface area (Å²) in [5.74, 6) is -0.301. The molecule has 0 fully saturated rings. The Hall–Kier alpha value is -2.89. The topological polar surface area (TPSA) is 103 Å². The van der Waals surface area contributed by atoms with Crippen molar-refractivity contribution in [2.24, 2.45) is 5.73 Å². The smallest absolute Gasteiger partial charge is 0.307 e. The van der Waals surface area contributed by atoms with Crippen molar-refractivity contribution in [3.8, 4) is 11.6 Å². The van der Waals surface area contributed by atoms with Crippen LogP contribution in [0.3, 0.4) is 0 Å². The highest BCUT2D eigenvalue weighted by Gasteiger charge is 2.21. The summed E-state index contributed by atoms with van der Waals surface area (Å²) >= 11 is 0. The second-order valence-corrected chi connectivity index (χ2v) is 5.24. The van der Waals surface area contributed by atoms with Crippen LogP contribution in [-0.4, -0.2) is 22.0 Å². The summed E-state index contributed by atoms with van der Waals surface area (Å²) in [7, 11) is 0. The number of primary amides is 1. The zero-order chi connectivity index (χ0) is 15.9. The van der Waals surface area contributed by atoms with E-state index in [1.165, 1.54) is 0 Å². The number of aryl methyl sites for hydroxylation is 1. The van der Waals surface area contributed by atoms with Gasteiger partial charge in [0.15, 0.2) is 0 Å². The Bertz CT molecular complexity index is 799. The molecule has 1 aliphatic rings. The standard InChI is InChI=1S/C16H14N2O4.CH4/c1-8-12(15(17)21)7-11-6-10-4-9(5-14(19)20)2-3-13(10)22-16(11)18-8;/h2-4,7H,5-6H2,1H3,(H2,17,21)(H,19,20);1H4. The summed E-state index contributed by atoms with van der Waals surface area (Å²) < 4.78 is 5.74. The van der Waals surface area contributed by atoms with Gasteiger partial charge in [0.1, 0.15) is 5.75 Å². The molecule has 0 saturated carbocycles. The van der Waals surface area contributed by atoms with E-state index in [4.69, 9.17) is 15.6 Å². The number of hydrogen-bond acceptors (Lipinski definition) is 4. The molecular formula is C17H18N2O4. The van der Waals surface area contributed by atoms with Gasteiger partial charge in [-0.3, -0.25) is 9.59 Å². The van der Waals surface area contributed by atoms with Crippen molar-refractivity contribution in [3.63, 3.8) is 0 Å². The van der Waals surface area contributed by atoms with Crippen molar-refractivity contribution in [1.82, 2.24) is 4.98 Å². The molecule has 6 heteroatoms. The van der Waals surface area contributed by atoms with Crippen LogP contribution in [0.25, 0.3) is 0 Å². The van der Waals surface area contributed by atoms with E-state index < -0.39 is 11.9 Å². The molecule has 1 aromatic carbocycles. The van der Waals surface area contributed by atoms with Crippen LogP contribution in [0.4, 0.5) is 0 Å². The summed E-state index contributed by atoms with van der Waals surface area (Å²) in [6, 6.07) is 6.96. The summed E-state index contributed by atoms with van der Waals surface area (Å²) in [5, 5.41) is 8.86. The molecule has 0 atom stereocenters. The lowest BCUT2D eigenvalue weighted by molar-refractivity contribution is -0.136. The number of aromatic nitrogens is 1. The van der Waals surface area contributed by atoms with Crippen molar-refractivity contribution in [2.45, 2.75) is 27.2 Å². The minimum Gasteiger partial charge on any atom is -0.481 e. The van der Waals surface area contributed by atoms with Gasteiger partial charge in [-0.15, -0.1) is 0 Å². The van der Waals surface area contributed by atoms with Crippen LogP contribution < -0.4 is 10.5 Å². The van der Waals surface area contributed by atoms with Crippen LogP contribution in [0, 0.1) is 6.92 Å². The molecule has 0 aliphatic carbocycles. The Labute approximate surface area is 133 Å². The van der Waals surface area contributed by atoms with Gasteiger partial charge < -0.3 is 15.6 Å². The normalized spacial score (nSPS) is 11.5. The summed E-state index contributed by atoms with van der Waals surface area (Å²) in [5.41, 5.74) is 8.56.